The first kappa shape index (κ1) is 25.5. The maximum absolute atomic E-state index is 15.8. The lowest BCUT2D eigenvalue weighted by molar-refractivity contribution is -0.118. The van der Waals surface area contributed by atoms with Crippen molar-refractivity contribution in [3.8, 4) is 0 Å². The molecule has 0 spiro atoms. The van der Waals surface area contributed by atoms with E-state index in [1.54, 1.807) is 20.9 Å². The maximum Gasteiger partial charge on any atom is 0.233 e. The fourth-order valence-electron chi connectivity index (χ4n) is 3.31. The van der Waals surface area contributed by atoms with Gasteiger partial charge in [0.25, 0.3) is 0 Å². The standard InChI is InChI=1S/C21H35FN6O4Si/c1-11(2)18(30)27-20-25-16(23-6)14-17(26-20)28(10-24-14)19-13(22)15(12(9-29)31-19)32-33(7,8)21(3,4)5/h10-13,15,19,29H,9H2,1-8H3,(H2,23,25,26,27,30)/t12-,13-,15-,19-/m1/s1. The van der Waals surface area contributed by atoms with Crippen LogP contribution in [0.15, 0.2) is 6.33 Å². The van der Waals surface area contributed by atoms with Crippen molar-refractivity contribution >= 4 is 37.2 Å². The number of carbonyl (C=O) groups is 1. The molecule has 0 aromatic carbocycles. The fraction of sp³-hybridized carbons (Fsp3) is 0.714. The fourth-order valence-corrected chi connectivity index (χ4v) is 4.63. The average Bonchev–Trinajstić information content (AvgIpc) is 3.27. The van der Waals surface area contributed by atoms with Crippen LogP contribution in [0.4, 0.5) is 16.2 Å². The topological polar surface area (TPSA) is 123 Å². The van der Waals surface area contributed by atoms with Gasteiger partial charge in [0.05, 0.1) is 12.9 Å². The Kier molecular flexibility index (Phi) is 7.13. The van der Waals surface area contributed by atoms with Gasteiger partial charge in [-0.05, 0) is 18.1 Å². The minimum Gasteiger partial charge on any atom is -0.408 e. The summed E-state index contributed by atoms with van der Waals surface area (Å²) < 4.78 is 29.5. The van der Waals surface area contributed by atoms with Gasteiger partial charge in [-0.3, -0.25) is 14.7 Å². The van der Waals surface area contributed by atoms with Crippen LogP contribution in [0, 0.1) is 5.92 Å². The third-order valence-electron chi connectivity index (χ3n) is 6.38. The predicted molar refractivity (Wildman–Crippen MR) is 126 cm³/mol. The van der Waals surface area contributed by atoms with E-state index < -0.39 is 32.9 Å². The molecule has 3 rings (SSSR count). The number of ether oxygens (including phenoxy) is 1. The molecule has 3 heterocycles. The van der Waals surface area contributed by atoms with E-state index in [1.165, 1.54) is 10.9 Å². The molecule has 12 heteroatoms. The average molecular weight is 483 g/mol. The number of nitrogens with zero attached hydrogens (tertiary/aromatic N) is 4. The molecule has 0 unspecified atom stereocenters. The number of halogens is 1. The first-order chi connectivity index (χ1) is 15.3. The van der Waals surface area contributed by atoms with Gasteiger partial charge in [0.15, 0.2) is 37.7 Å². The summed E-state index contributed by atoms with van der Waals surface area (Å²) in [5, 5.41) is 15.4. The number of hydrogen-bond acceptors (Lipinski definition) is 8. The number of alkyl halides is 1. The van der Waals surface area contributed by atoms with Gasteiger partial charge in [-0.25, -0.2) is 9.37 Å². The van der Waals surface area contributed by atoms with Crippen LogP contribution >= 0.6 is 0 Å². The molecular formula is C21H35FN6O4Si. The Morgan fingerprint density at radius 3 is 2.58 bits per heavy atom. The minimum atomic E-state index is -2.33. The minimum absolute atomic E-state index is 0.0773. The van der Waals surface area contributed by atoms with Crippen LogP contribution in [0.25, 0.3) is 11.2 Å². The van der Waals surface area contributed by atoms with Crippen molar-refractivity contribution < 1.29 is 23.5 Å². The van der Waals surface area contributed by atoms with Crippen LogP contribution < -0.4 is 10.6 Å². The van der Waals surface area contributed by atoms with Crippen molar-refractivity contribution in [1.82, 2.24) is 19.5 Å². The Labute approximate surface area is 194 Å². The second kappa shape index (κ2) is 9.24. The van der Waals surface area contributed by atoms with Crippen LogP contribution in [0.5, 0.6) is 0 Å². The zero-order valence-corrected chi connectivity index (χ0v) is 21.5. The summed E-state index contributed by atoms with van der Waals surface area (Å²) in [5.41, 5.74) is 0.705. The number of nitrogens with one attached hydrogen (secondary N) is 2. The number of aliphatic hydroxyl groups is 1. The van der Waals surface area contributed by atoms with E-state index >= 15 is 4.39 Å². The van der Waals surface area contributed by atoms with Gasteiger partial charge < -0.3 is 19.6 Å². The third-order valence-corrected chi connectivity index (χ3v) is 10.8. The second-order valence-electron chi connectivity index (χ2n) is 10.1. The van der Waals surface area contributed by atoms with Crippen molar-refractivity contribution in [1.29, 1.82) is 0 Å². The van der Waals surface area contributed by atoms with Crippen LogP contribution in [-0.2, 0) is 14.0 Å². The van der Waals surface area contributed by atoms with Crippen molar-refractivity contribution in [3.63, 3.8) is 0 Å². The summed E-state index contributed by atoms with van der Waals surface area (Å²) in [6.07, 6.45) is -2.99. The van der Waals surface area contributed by atoms with Crippen molar-refractivity contribution in [2.24, 2.45) is 5.92 Å². The van der Waals surface area contributed by atoms with E-state index in [2.05, 4.69) is 46.4 Å². The quantitative estimate of drug-likeness (QED) is 0.515. The zero-order valence-electron chi connectivity index (χ0n) is 20.5. The highest BCUT2D eigenvalue weighted by Gasteiger charge is 2.51. The number of imidazole rings is 1. The molecule has 3 N–H and O–H groups in total. The number of aliphatic hydroxyl groups excluding tert-OH is 1. The molecule has 1 aliphatic heterocycles. The van der Waals surface area contributed by atoms with E-state index in [-0.39, 0.29) is 29.4 Å². The molecule has 0 radical (unpaired) electrons. The Balaban J connectivity index is 1.99. The van der Waals surface area contributed by atoms with Gasteiger partial charge in [-0.1, -0.05) is 34.6 Å². The molecule has 1 amide bonds. The van der Waals surface area contributed by atoms with Gasteiger partial charge in [-0.2, -0.15) is 9.97 Å². The van der Waals surface area contributed by atoms with Gasteiger partial charge in [0.2, 0.25) is 11.9 Å². The first-order valence-corrected chi connectivity index (χ1v) is 14.0. The van der Waals surface area contributed by atoms with Gasteiger partial charge >= 0.3 is 0 Å². The molecule has 1 fully saturated rings. The summed E-state index contributed by atoms with van der Waals surface area (Å²) in [7, 11) is -0.660. The summed E-state index contributed by atoms with van der Waals surface area (Å²) >= 11 is 0. The number of fused-ring (bicyclic) bond motifs is 1. The highest BCUT2D eigenvalue weighted by Crippen LogP contribution is 2.42. The predicted octanol–water partition coefficient (Wildman–Crippen LogP) is 3.08. The summed E-state index contributed by atoms with van der Waals surface area (Å²) in [6, 6.07) is 0. The maximum atomic E-state index is 15.8. The number of carbonyl (C=O) groups excluding carboxylic acids is 1. The van der Waals surface area contributed by atoms with Gasteiger partial charge in [-0.15, -0.1) is 0 Å². The molecule has 33 heavy (non-hydrogen) atoms. The Morgan fingerprint density at radius 1 is 1.36 bits per heavy atom. The van der Waals surface area contributed by atoms with E-state index in [0.29, 0.717) is 17.0 Å². The van der Waals surface area contributed by atoms with E-state index in [0.717, 1.165) is 0 Å². The molecular weight excluding hydrogens is 447 g/mol. The molecule has 0 bridgehead atoms. The SMILES string of the molecule is CNc1nc(NC(=O)C(C)C)nc2c1ncn2[C@@H]1O[C@H](CO)[C@@H](O[Si](C)(C)C(C)(C)C)[C@H]1F. The smallest absolute Gasteiger partial charge is 0.233 e. The van der Waals surface area contributed by atoms with Crippen molar-refractivity contribution in [2.45, 2.75) is 77.4 Å². The molecule has 1 saturated heterocycles. The second-order valence-corrected chi connectivity index (χ2v) is 14.9. The summed E-state index contributed by atoms with van der Waals surface area (Å²) in [4.78, 5) is 25.2. The monoisotopic (exact) mass is 482 g/mol. The lowest BCUT2D eigenvalue weighted by Crippen LogP contribution is -2.49. The van der Waals surface area contributed by atoms with E-state index in [4.69, 9.17) is 9.16 Å². The Bertz CT molecular complexity index is 1010. The molecule has 2 aromatic rings. The van der Waals surface area contributed by atoms with Gasteiger partial charge in [0.1, 0.15) is 12.2 Å². The normalized spacial score (nSPS) is 24.0. The Hall–Kier alpha value is -2.15. The van der Waals surface area contributed by atoms with Crippen molar-refractivity contribution in [2.75, 3.05) is 24.3 Å². The highest BCUT2D eigenvalue weighted by molar-refractivity contribution is 6.74. The van der Waals surface area contributed by atoms with Crippen LogP contribution in [0.1, 0.15) is 40.8 Å². The highest BCUT2D eigenvalue weighted by atomic mass is 28.4. The number of hydrogen-bond donors (Lipinski definition) is 3. The van der Waals surface area contributed by atoms with E-state index in [1.807, 2.05) is 13.1 Å². The largest absolute Gasteiger partial charge is 0.408 e. The molecule has 0 aliphatic carbocycles. The third kappa shape index (κ3) is 4.88. The van der Waals surface area contributed by atoms with E-state index in [9.17, 15) is 9.90 Å². The van der Waals surface area contributed by atoms with Crippen LogP contribution in [0.3, 0.4) is 0 Å². The molecule has 184 valence electrons. The molecule has 0 saturated carbocycles. The molecule has 10 nitrogen and oxygen atoms in total. The number of rotatable bonds is 7. The molecule has 2 aromatic heterocycles. The van der Waals surface area contributed by atoms with Gasteiger partial charge in [0, 0.05) is 13.0 Å². The zero-order chi connectivity index (χ0) is 24.7. The summed E-state index contributed by atoms with van der Waals surface area (Å²) in [5.74, 6) is -0.0437. The number of aromatic nitrogens is 4. The molecule has 4 atom stereocenters. The first-order valence-electron chi connectivity index (χ1n) is 11.1. The van der Waals surface area contributed by atoms with Crippen molar-refractivity contribution in [3.05, 3.63) is 6.33 Å². The Morgan fingerprint density at radius 2 is 2.03 bits per heavy atom. The lowest BCUT2D eigenvalue weighted by atomic mass is 10.1. The lowest BCUT2D eigenvalue weighted by Gasteiger charge is -2.39. The number of amides is 1. The van der Waals surface area contributed by atoms with Crippen LogP contribution in [0.2, 0.25) is 18.1 Å². The number of anilines is 2. The molecule has 1 aliphatic rings. The van der Waals surface area contributed by atoms with Crippen LogP contribution in [-0.4, -0.2) is 70.9 Å². The summed E-state index contributed by atoms with van der Waals surface area (Å²) in [6.45, 7) is 13.4.